The van der Waals surface area contributed by atoms with E-state index in [0.717, 1.165) is 16.6 Å². The topological polar surface area (TPSA) is 49.9 Å². The fourth-order valence-electron chi connectivity index (χ4n) is 1.97. The van der Waals surface area contributed by atoms with Gasteiger partial charge in [0.2, 0.25) is 11.6 Å². The number of aromatic amines is 1. The zero-order valence-corrected chi connectivity index (χ0v) is 7.33. The Morgan fingerprint density at radius 1 is 1.14 bits per heavy atom. The molecule has 0 bridgehead atoms. The highest BCUT2D eigenvalue weighted by Crippen LogP contribution is 2.27. The molecule has 1 aliphatic rings. The first kappa shape index (κ1) is 7.50. The SMILES string of the molecule is O=C1Cc2[nH]c3ccccc3c2C1=O. The molecule has 3 heteroatoms. The van der Waals surface area contributed by atoms with Crippen LogP contribution in [0.2, 0.25) is 0 Å². The van der Waals surface area contributed by atoms with Crippen LogP contribution in [0.4, 0.5) is 0 Å². The number of benzene rings is 1. The van der Waals surface area contributed by atoms with Gasteiger partial charge in [0.15, 0.2) is 0 Å². The minimum absolute atomic E-state index is 0.225. The molecule has 1 aromatic heterocycles. The molecule has 68 valence electrons. The predicted molar refractivity (Wildman–Crippen MR) is 51.3 cm³/mol. The van der Waals surface area contributed by atoms with Crippen LogP contribution in [0.15, 0.2) is 24.3 Å². The van der Waals surface area contributed by atoms with Gasteiger partial charge in [0, 0.05) is 16.6 Å². The number of hydrogen-bond donors (Lipinski definition) is 1. The Morgan fingerprint density at radius 2 is 1.93 bits per heavy atom. The maximum atomic E-state index is 11.5. The van der Waals surface area contributed by atoms with Crippen molar-refractivity contribution in [2.75, 3.05) is 0 Å². The summed E-state index contributed by atoms with van der Waals surface area (Å²) in [6.07, 6.45) is 0.225. The van der Waals surface area contributed by atoms with Crippen molar-refractivity contribution in [1.29, 1.82) is 0 Å². The van der Waals surface area contributed by atoms with E-state index >= 15 is 0 Å². The van der Waals surface area contributed by atoms with Crippen molar-refractivity contribution in [3.63, 3.8) is 0 Å². The Labute approximate surface area is 79.7 Å². The van der Waals surface area contributed by atoms with Crippen LogP contribution in [0.5, 0.6) is 0 Å². The molecule has 1 aromatic carbocycles. The molecular formula is C11H7NO2. The summed E-state index contributed by atoms with van der Waals surface area (Å²) in [5.41, 5.74) is 2.27. The molecular weight excluding hydrogens is 178 g/mol. The minimum Gasteiger partial charge on any atom is -0.357 e. The van der Waals surface area contributed by atoms with Crippen molar-refractivity contribution in [3.8, 4) is 0 Å². The van der Waals surface area contributed by atoms with Crippen LogP contribution in [0.1, 0.15) is 16.1 Å². The molecule has 0 saturated heterocycles. The molecule has 3 nitrogen and oxygen atoms in total. The van der Waals surface area contributed by atoms with E-state index < -0.39 is 0 Å². The van der Waals surface area contributed by atoms with Crippen LogP contribution in [-0.4, -0.2) is 16.6 Å². The first-order valence-electron chi connectivity index (χ1n) is 4.44. The lowest BCUT2D eigenvalue weighted by molar-refractivity contribution is -0.114. The van der Waals surface area contributed by atoms with Gasteiger partial charge in [0.1, 0.15) is 0 Å². The number of nitrogens with one attached hydrogen (secondary N) is 1. The third-order valence-corrected chi connectivity index (χ3v) is 2.60. The highest BCUT2D eigenvalue weighted by atomic mass is 16.2. The molecule has 0 spiro atoms. The number of Topliss-reactive ketones (excluding diaryl/α,β-unsaturated/α-hetero) is 2. The lowest BCUT2D eigenvalue weighted by Gasteiger charge is -1.90. The van der Waals surface area contributed by atoms with Crippen molar-refractivity contribution in [3.05, 3.63) is 35.5 Å². The van der Waals surface area contributed by atoms with E-state index in [1.807, 2.05) is 24.3 Å². The van der Waals surface area contributed by atoms with Crippen molar-refractivity contribution in [1.82, 2.24) is 4.98 Å². The van der Waals surface area contributed by atoms with Gasteiger partial charge in [-0.25, -0.2) is 0 Å². The largest absolute Gasteiger partial charge is 0.357 e. The Balaban J connectivity index is 2.43. The van der Waals surface area contributed by atoms with Gasteiger partial charge < -0.3 is 4.98 Å². The summed E-state index contributed by atoms with van der Waals surface area (Å²) in [5.74, 6) is -0.658. The molecule has 14 heavy (non-hydrogen) atoms. The number of aromatic nitrogens is 1. The summed E-state index contributed by atoms with van der Waals surface area (Å²) in [5, 5.41) is 0.860. The smallest absolute Gasteiger partial charge is 0.231 e. The third-order valence-electron chi connectivity index (χ3n) is 2.60. The van der Waals surface area contributed by atoms with Crippen LogP contribution < -0.4 is 0 Å². The Hall–Kier alpha value is -1.90. The normalized spacial score (nSPS) is 15.1. The van der Waals surface area contributed by atoms with Crippen molar-refractivity contribution in [2.24, 2.45) is 0 Å². The number of carbonyl (C=O) groups is 2. The monoisotopic (exact) mass is 185 g/mol. The van der Waals surface area contributed by atoms with Crippen molar-refractivity contribution < 1.29 is 9.59 Å². The summed E-state index contributed by atoms with van der Waals surface area (Å²) >= 11 is 0. The molecule has 3 rings (SSSR count). The van der Waals surface area contributed by atoms with Gasteiger partial charge in [0.25, 0.3) is 0 Å². The predicted octanol–water partition coefficient (Wildman–Crippen LogP) is 1.48. The molecule has 1 aliphatic carbocycles. The lowest BCUT2D eigenvalue weighted by atomic mass is 10.1. The fourth-order valence-corrected chi connectivity index (χ4v) is 1.97. The number of fused-ring (bicyclic) bond motifs is 3. The van der Waals surface area contributed by atoms with Gasteiger partial charge in [-0.15, -0.1) is 0 Å². The number of ketones is 2. The number of H-pyrrole nitrogens is 1. The summed E-state index contributed by atoms with van der Waals surface area (Å²) in [7, 11) is 0. The molecule has 2 aromatic rings. The second-order valence-corrected chi connectivity index (χ2v) is 3.45. The second kappa shape index (κ2) is 2.32. The Bertz CT molecular complexity index is 566. The van der Waals surface area contributed by atoms with Crippen LogP contribution in [0.25, 0.3) is 10.9 Å². The maximum absolute atomic E-state index is 11.5. The highest BCUT2D eigenvalue weighted by molar-refractivity contribution is 6.49. The summed E-state index contributed by atoms with van der Waals surface area (Å²) < 4.78 is 0. The van der Waals surface area contributed by atoms with Crippen LogP contribution in [-0.2, 0) is 11.2 Å². The molecule has 0 radical (unpaired) electrons. The Morgan fingerprint density at radius 3 is 2.79 bits per heavy atom. The first-order chi connectivity index (χ1) is 6.77. The third kappa shape index (κ3) is 0.763. The molecule has 1 heterocycles. The molecule has 1 N–H and O–H groups in total. The van der Waals surface area contributed by atoms with Crippen LogP contribution >= 0.6 is 0 Å². The van der Waals surface area contributed by atoms with Gasteiger partial charge in [-0.05, 0) is 6.07 Å². The van der Waals surface area contributed by atoms with E-state index in [4.69, 9.17) is 0 Å². The highest BCUT2D eigenvalue weighted by Gasteiger charge is 2.31. The van der Waals surface area contributed by atoms with E-state index in [9.17, 15) is 9.59 Å². The summed E-state index contributed by atoms with van der Waals surface area (Å²) in [6, 6.07) is 7.54. The van der Waals surface area contributed by atoms with E-state index in [2.05, 4.69) is 4.98 Å². The van der Waals surface area contributed by atoms with Crippen molar-refractivity contribution in [2.45, 2.75) is 6.42 Å². The number of carbonyl (C=O) groups excluding carboxylic acids is 2. The van der Waals surface area contributed by atoms with Gasteiger partial charge in [0.05, 0.1) is 12.0 Å². The summed E-state index contributed by atoms with van der Waals surface area (Å²) in [4.78, 5) is 25.8. The van der Waals surface area contributed by atoms with Crippen molar-refractivity contribution >= 4 is 22.5 Å². The van der Waals surface area contributed by atoms with Gasteiger partial charge >= 0.3 is 0 Å². The van der Waals surface area contributed by atoms with E-state index in [-0.39, 0.29) is 18.0 Å². The van der Waals surface area contributed by atoms with E-state index in [1.54, 1.807) is 0 Å². The van der Waals surface area contributed by atoms with Gasteiger partial charge in [-0.3, -0.25) is 9.59 Å². The molecule has 0 aliphatic heterocycles. The minimum atomic E-state index is -0.350. The van der Waals surface area contributed by atoms with Gasteiger partial charge in [-0.2, -0.15) is 0 Å². The average Bonchev–Trinajstić information content (AvgIpc) is 2.65. The zero-order chi connectivity index (χ0) is 9.71. The standard InChI is InChI=1S/C11H7NO2/c13-9-5-8-10(11(9)14)6-3-1-2-4-7(6)12-8/h1-4,12H,5H2. The van der Waals surface area contributed by atoms with E-state index in [1.165, 1.54) is 0 Å². The van der Waals surface area contributed by atoms with E-state index in [0.29, 0.717) is 5.56 Å². The zero-order valence-electron chi connectivity index (χ0n) is 7.33. The Kier molecular flexibility index (Phi) is 1.24. The van der Waals surface area contributed by atoms with Crippen LogP contribution in [0, 0.1) is 0 Å². The average molecular weight is 185 g/mol. The fraction of sp³-hybridized carbons (Fsp3) is 0.0909. The number of hydrogen-bond acceptors (Lipinski definition) is 2. The molecule has 0 fully saturated rings. The quantitative estimate of drug-likeness (QED) is 0.632. The van der Waals surface area contributed by atoms with Gasteiger partial charge in [-0.1, -0.05) is 18.2 Å². The summed E-state index contributed by atoms with van der Waals surface area (Å²) in [6.45, 7) is 0. The molecule has 0 atom stereocenters. The second-order valence-electron chi connectivity index (χ2n) is 3.45. The molecule has 0 saturated carbocycles. The number of para-hydroxylation sites is 1. The lowest BCUT2D eigenvalue weighted by Crippen LogP contribution is -2.06. The molecule has 0 amide bonds. The van der Waals surface area contributed by atoms with Crippen LogP contribution in [0.3, 0.4) is 0 Å². The molecule has 0 unspecified atom stereocenters. The first-order valence-corrected chi connectivity index (χ1v) is 4.44. The maximum Gasteiger partial charge on any atom is 0.231 e. The number of rotatable bonds is 0.